The van der Waals surface area contributed by atoms with E-state index in [1.165, 1.54) is 29.5 Å². The van der Waals surface area contributed by atoms with Crippen molar-refractivity contribution >= 4 is 34.5 Å². The van der Waals surface area contributed by atoms with Crippen LogP contribution in [0, 0.1) is 10.1 Å². The van der Waals surface area contributed by atoms with E-state index in [1.54, 1.807) is 0 Å². The number of non-ortho nitro benzene ring substituents is 1. The molecule has 5 nitrogen and oxygen atoms in total. The first-order chi connectivity index (χ1) is 9.49. The summed E-state index contributed by atoms with van der Waals surface area (Å²) in [5.41, 5.74) is -0.0624. The van der Waals surface area contributed by atoms with Gasteiger partial charge < -0.3 is 5.32 Å². The first-order valence-corrected chi connectivity index (χ1v) is 7.03. The van der Waals surface area contributed by atoms with E-state index < -0.39 is 10.8 Å². The lowest BCUT2D eigenvalue weighted by molar-refractivity contribution is -0.384. The molecule has 2 aromatic rings. The third-order valence-electron chi connectivity index (χ3n) is 2.72. The highest BCUT2D eigenvalue weighted by atomic mass is 35.5. The minimum absolute atomic E-state index is 0.101. The summed E-state index contributed by atoms with van der Waals surface area (Å²) in [5, 5.41) is 15.6. The Labute approximate surface area is 124 Å². The second-order valence-electron chi connectivity index (χ2n) is 4.13. The molecule has 0 aliphatic heterocycles. The van der Waals surface area contributed by atoms with Crippen LogP contribution >= 0.6 is 22.9 Å². The van der Waals surface area contributed by atoms with Crippen LogP contribution in [0.1, 0.15) is 28.2 Å². The van der Waals surface area contributed by atoms with Gasteiger partial charge in [-0.05, 0) is 24.4 Å². The molecule has 0 aliphatic carbocycles. The van der Waals surface area contributed by atoms with Crippen LogP contribution in [-0.2, 0) is 0 Å². The summed E-state index contributed by atoms with van der Waals surface area (Å²) >= 11 is 7.45. The Hall–Kier alpha value is -1.92. The van der Waals surface area contributed by atoms with Crippen molar-refractivity contribution in [1.29, 1.82) is 0 Å². The van der Waals surface area contributed by atoms with Gasteiger partial charge in [0.25, 0.3) is 11.6 Å². The van der Waals surface area contributed by atoms with Crippen LogP contribution in [0.5, 0.6) is 0 Å². The van der Waals surface area contributed by atoms with Crippen molar-refractivity contribution in [2.75, 3.05) is 0 Å². The predicted octanol–water partition coefficient (Wildman–Crippen LogP) is 3.80. The summed E-state index contributed by atoms with van der Waals surface area (Å²) in [6.07, 6.45) is 0. The molecule has 1 aromatic carbocycles. The number of halogens is 1. The van der Waals surface area contributed by atoms with Crippen LogP contribution in [0.4, 0.5) is 5.69 Å². The number of nitrogens with one attached hydrogen (secondary N) is 1. The number of hydrogen-bond acceptors (Lipinski definition) is 4. The molecule has 0 aliphatic rings. The Morgan fingerprint density at radius 2 is 2.20 bits per heavy atom. The fraction of sp³-hybridized carbons (Fsp3) is 0.154. The summed E-state index contributed by atoms with van der Waals surface area (Å²) in [5.74, 6) is -0.431. The van der Waals surface area contributed by atoms with E-state index in [0.717, 1.165) is 4.88 Å². The van der Waals surface area contributed by atoms with Gasteiger partial charge in [0.1, 0.15) is 0 Å². The first kappa shape index (κ1) is 14.5. The van der Waals surface area contributed by atoms with Crippen molar-refractivity contribution in [3.63, 3.8) is 0 Å². The van der Waals surface area contributed by atoms with Crippen molar-refractivity contribution in [2.45, 2.75) is 13.0 Å². The van der Waals surface area contributed by atoms with E-state index >= 15 is 0 Å². The maximum absolute atomic E-state index is 12.1. The zero-order valence-corrected chi connectivity index (χ0v) is 12.1. The Bertz CT molecular complexity index is 643. The fourth-order valence-corrected chi connectivity index (χ4v) is 2.62. The molecule has 20 heavy (non-hydrogen) atoms. The molecule has 104 valence electrons. The predicted molar refractivity (Wildman–Crippen MR) is 78.3 cm³/mol. The van der Waals surface area contributed by atoms with Crippen molar-refractivity contribution in [3.05, 3.63) is 61.3 Å². The van der Waals surface area contributed by atoms with Gasteiger partial charge >= 0.3 is 0 Å². The molecule has 0 spiro atoms. The molecule has 1 unspecified atom stereocenters. The van der Waals surface area contributed by atoms with Crippen molar-refractivity contribution in [3.8, 4) is 0 Å². The van der Waals surface area contributed by atoms with E-state index in [-0.39, 0.29) is 22.3 Å². The molecular formula is C13H11ClN2O3S. The maximum atomic E-state index is 12.1. The zero-order valence-electron chi connectivity index (χ0n) is 10.5. The number of thiophene rings is 1. The molecule has 7 heteroatoms. The fourth-order valence-electron chi connectivity index (χ4n) is 1.68. The number of hydrogen-bond donors (Lipinski definition) is 1. The summed E-state index contributed by atoms with van der Waals surface area (Å²) < 4.78 is 0. The minimum Gasteiger partial charge on any atom is -0.345 e. The van der Waals surface area contributed by atoms with Gasteiger partial charge in [0.15, 0.2) is 0 Å². The zero-order chi connectivity index (χ0) is 14.7. The smallest absolute Gasteiger partial charge is 0.270 e. The summed E-state index contributed by atoms with van der Waals surface area (Å²) in [7, 11) is 0. The second kappa shape index (κ2) is 6.02. The second-order valence-corrected chi connectivity index (χ2v) is 5.52. The molecule has 0 radical (unpaired) electrons. The average molecular weight is 311 g/mol. The van der Waals surface area contributed by atoms with E-state index in [4.69, 9.17) is 11.6 Å². The Morgan fingerprint density at radius 3 is 2.80 bits per heavy atom. The van der Waals surface area contributed by atoms with Crippen LogP contribution < -0.4 is 5.32 Å². The van der Waals surface area contributed by atoms with Crippen LogP contribution in [0.2, 0.25) is 5.02 Å². The topological polar surface area (TPSA) is 72.2 Å². The van der Waals surface area contributed by atoms with E-state index in [2.05, 4.69) is 5.32 Å². The van der Waals surface area contributed by atoms with Gasteiger partial charge in [0.2, 0.25) is 0 Å². The molecule has 1 aromatic heterocycles. The molecule has 1 heterocycles. The number of carbonyl (C=O) groups excluding carboxylic acids is 1. The monoisotopic (exact) mass is 310 g/mol. The van der Waals surface area contributed by atoms with Crippen LogP contribution in [0.15, 0.2) is 35.7 Å². The standard InChI is InChI=1S/C13H11ClN2O3S/c1-8(12-3-2-6-20-12)15-13(17)10-7-9(16(18)19)4-5-11(10)14/h2-8H,1H3,(H,15,17). The Kier molecular flexibility index (Phi) is 4.36. The van der Waals surface area contributed by atoms with Crippen molar-refractivity contribution < 1.29 is 9.72 Å². The number of amides is 1. The molecule has 0 fully saturated rings. The molecule has 1 atom stereocenters. The quantitative estimate of drug-likeness (QED) is 0.689. The highest BCUT2D eigenvalue weighted by molar-refractivity contribution is 7.10. The van der Waals surface area contributed by atoms with E-state index in [9.17, 15) is 14.9 Å². The average Bonchev–Trinajstić information content (AvgIpc) is 2.92. The first-order valence-electron chi connectivity index (χ1n) is 5.77. The Balaban J connectivity index is 2.20. The molecule has 0 saturated carbocycles. The number of nitro groups is 1. The van der Waals surface area contributed by atoms with Crippen molar-refractivity contribution in [2.24, 2.45) is 0 Å². The van der Waals surface area contributed by atoms with E-state index in [1.807, 2.05) is 24.4 Å². The van der Waals surface area contributed by atoms with Gasteiger partial charge in [0, 0.05) is 17.0 Å². The lowest BCUT2D eigenvalue weighted by Gasteiger charge is -2.12. The lowest BCUT2D eigenvalue weighted by atomic mass is 10.1. The van der Waals surface area contributed by atoms with Gasteiger partial charge in [-0.25, -0.2) is 0 Å². The number of benzene rings is 1. The molecule has 1 amide bonds. The Morgan fingerprint density at radius 1 is 1.45 bits per heavy atom. The summed E-state index contributed by atoms with van der Waals surface area (Å²) in [4.78, 5) is 23.3. The van der Waals surface area contributed by atoms with Gasteiger partial charge in [-0.2, -0.15) is 0 Å². The normalized spacial score (nSPS) is 11.9. The molecular weight excluding hydrogens is 300 g/mol. The SMILES string of the molecule is CC(NC(=O)c1cc([N+](=O)[O-])ccc1Cl)c1cccs1. The van der Waals surface area contributed by atoms with Crippen LogP contribution in [0.25, 0.3) is 0 Å². The number of nitro benzene ring substituents is 1. The summed E-state index contributed by atoms with van der Waals surface area (Å²) in [6, 6.07) is 7.41. The number of carbonyl (C=O) groups is 1. The largest absolute Gasteiger partial charge is 0.345 e. The minimum atomic E-state index is -0.560. The summed E-state index contributed by atoms with van der Waals surface area (Å²) in [6.45, 7) is 1.84. The molecule has 0 bridgehead atoms. The van der Waals surface area contributed by atoms with Gasteiger partial charge in [-0.15, -0.1) is 11.3 Å². The van der Waals surface area contributed by atoms with Gasteiger partial charge in [0.05, 0.1) is 21.6 Å². The van der Waals surface area contributed by atoms with Crippen LogP contribution in [-0.4, -0.2) is 10.8 Å². The highest BCUT2D eigenvalue weighted by Gasteiger charge is 2.18. The molecule has 2 rings (SSSR count). The third kappa shape index (κ3) is 3.15. The number of rotatable bonds is 4. The molecule has 1 N–H and O–H groups in total. The van der Waals surface area contributed by atoms with Gasteiger partial charge in [-0.3, -0.25) is 14.9 Å². The van der Waals surface area contributed by atoms with Gasteiger partial charge in [-0.1, -0.05) is 17.7 Å². The third-order valence-corrected chi connectivity index (χ3v) is 4.11. The van der Waals surface area contributed by atoms with Crippen LogP contribution in [0.3, 0.4) is 0 Å². The lowest BCUT2D eigenvalue weighted by Crippen LogP contribution is -2.26. The van der Waals surface area contributed by atoms with E-state index in [0.29, 0.717) is 0 Å². The maximum Gasteiger partial charge on any atom is 0.270 e. The molecule has 0 saturated heterocycles. The van der Waals surface area contributed by atoms with Crippen molar-refractivity contribution in [1.82, 2.24) is 5.32 Å². The highest BCUT2D eigenvalue weighted by Crippen LogP contribution is 2.24. The number of nitrogens with zero attached hydrogens (tertiary/aromatic N) is 1.